The van der Waals surface area contributed by atoms with E-state index in [0.29, 0.717) is 5.56 Å². The summed E-state index contributed by atoms with van der Waals surface area (Å²) in [5.74, 6) is -0.763. The number of benzene rings is 2. The van der Waals surface area contributed by atoms with Gasteiger partial charge in [-0.1, -0.05) is 58.5 Å². The van der Waals surface area contributed by atoms with Crippen molar-refractivity contribution in [3.63, 3.8) is 0 Å². The van der Waals surface area contributed by atoms with Crippen molar-refractivity contribution in [1.82, 2.24) is 0 Å². The molecule has 2 aromatic carbocycles. The maximum absolute atomic E-state index is 11.4. The van der Waals surface area contributed by atoms with Crippen molar-refractivity contribution >= 4 is 11.5 Å². The van der Waals surface area contributed by atoms with Crippen LogP contribution in [0.1, 0.15) is 78.7 Å². The number of rotatable bonds is 3. The Morgan fingerprint density at radius 3 is 1.96 bits per heavy atom. The normalized spacial score (nSPS) is 17.1. The summed E-state index contributed by atoms with van der Waals surface area (Å²) in [5, 5.41) is 8.52. The lowest BCUT2D eigenvalue weighted by Gasteiger charge is -2.42. The molecule has 0 saturated carbocycles. The van der Waals surface area contributed by atoms with Crippen molar-refractivity contribution < 1.29 is 14.9 Å². The van der Waals surface area contributed by atoms with E-state index < -0.39 is 5.97 Å². The Morgan fingerprint density at radius 2 is 1.44 bits per heavy atom. The van der Waals surface area contributed by atoms with E-state index in [0.717, 1.165) is 16.7 Å². The first-order valence-corrected chi connectivity index (χ1v) is 9.38. The Kier molecular flexibility index (Phi) is 4.77. The van der Waals surface area contributed by atoms with Gasteiger partial charge in [0, 0.05) is 0 Å². The molecule has 0 saturated heterocycles. The van der Waals surface area contributed by atoms with Crippen molar-refractivity contribution in [2.24, 2.45) is 0 Å². The number of carbonyl (C=O) groups excluding carboxylic acids is 1. The lowest BCUT2D eigenvalue weighted by Crippen LogP contribution is -2.34. The minimum atomic E-state index is -0.763. The number of carbonyl (C=O) groups is 1. The molecule has 27 heavy (non-hydrogen) atoms. The zero-order valence-electron chi connectivity index (χ0n) is 16.8. The minimum absolute atomic E-state index is 0.141. The quantitative estimate of drug-likeness (QED) is 0.534. The molecule has 142 valence electrons. The zero-order chi connectivity index (χ0) is 20.0. The van der Waals surface area contributed by atoms with Gasteiger partial charge in [0.1, 0.15) is 0 Å². The first-order chi connectivity index (χ1) is 12.6. The summed E-state index contributed by atoms with van der Waals surface area (Å²) in [4.78, 5) is 15.2. The molecule has 0 aromatic heterocycles. The fraction of sp³-hybridized carbons (Fsp3) is 0.375. The van der Waals surface area contributed by atoms with Crippen molar-refractivity contribution in [2.45, 2.75) is 58.3 Å². The molecule has 3 heteroatoms. The fourth-order valence-electron chi connectivity index (χ4n) is 4.06. The summed E-state index contributed by atoms with van der Waals surface area (Å²) < 4.78 is 0. The van der Waals surface area contributed by atoms with Crippen LogP contribution in [0.15, 0.2) is 43.0 Å². The van der Waals surface area contributed by atoms with Crippen LogP contribution in [-0.2, 0) is 15.7 Å². The van der Waals surface area contributed by atoms with Gasteiger partial charge in [0.2, 0.25) is 0 Å². The summed E-state index contributed by atoms with van der Waals surface area (Å²) in [6, 6.07) is 11.6. The molecule has 0 atom stereocenters. The summed E-state index contributed by atoms with van der Waals surface area (Å²) in [6.45, 7) is 15.7. The van der Waals surface area contributed by atoms with Gasteiger partial charge in [0.25, 0.3) is 0 Å². The molecular formula is C24H28O3. The third kappa shape index (κ3) is 3.44. The highest BCUT2D eigenvalue weighted by Gasteiger charge is 2.37. The molecule has 1 aliphatic rings. The Morgan fingerprint density at radius 1 is 0.963 bits per heavy atom. The van der Waals surface area contributed by atoms with Crippen molar-refractivity contribution in [3.8, 4) is 0 Å². The SMILES string of the molecule is C=C(c1ccc(C(=O)OO)cc1)c1cc2c(cc1C)C(C)(C)CCC2(C)C. The van der Waals surface area contributed by atoms with Crippen LogP contribution in [0.2, 0.25) is 0 Å². The smallest absolute Gasteiger partial charge is 0.296 e. The molecule has 1 aliphatic carbocycles. The molecule has 1 N–H and O–H groups in total. The molecule has 0 amide bonds. The van der Waals surface area contributed by atoms with Crippen molar-refractivity contribution in [2.75, 3.05) is 0 Å². The van der Waals surface area contributed by atoms with Gasteiger partial charge in [0.15, 0.2) is 0 Å². The Bertz CT molecular complexity index is 902. The van der Waals surface area contributed by atoms with Gasteiger partial charge < -0.3 is 0 Å². The first-order valence-electron chi connectivity index (χ1n) is 9.38. The second-order valence-corrected chi connectivity index (χ2v) is 8.92. The lowest BCUT2D eigenvalue weighted by molar-refractivity contribution is -0.182. The molecule has 0 unspecified atom stereocenters. The zero-order valence-corrected chi connectivity index (χ0v) is 16.8. The third-order valence-corrected chi connectivity index (χ3v) is 6.07. The van der Waals surface area contributed by atoms with Crippen LogP contribution in [-0.4, -0.2) is 11.2 Å². The Hall–Kier alpha value is -2.39. The van der Waals surface area contributed by atoms with E-state index >= 15 is 0 Å². The molecule has 3 nitrogen and oxygen atoms in total. The van der Waals surface area contributed by atoms with Gasteiger partial charge in [-0.2, -0.15) is 5.26 Å². The predicted octanol–water partition coefficient (Wildman–Crippen LogP) is 6.04. The number of aryl methyl sites for hydroxylation is 1. The Balaban J connectivity index is 2.05. The van der Waals surface area contributed by atoms with Crippen LogP contribution in [0.3, 0.4) is 0 Å². The summed E-state index contributed by atoms with van der Waals surface area (Å²) in [5.41, 5.74) is 7.69. The van der Waals surface area contributed by atoms with E-state index in [-0.39, 0.29) is 10.8 Å². The monoisotopic (exact) mass is 364 g/mol. The van der Waals surface area contributed by atoms with E-state index in [1.807, 2.05) is 12.1 Å². The van der Waals surface area contributed by atoms with Crippen LogP contribution < -0.4 is 0 Å². The molecule has 2 aromatic rings. The number of fused-ring (bicyclic) bond motifs is 1. The summed E-state index contributed by atoms with van der Waals surface area (Å²) in [7, 11) is 0. The lowest BCUT2D eigenvalue weighted by atomic mass is 9.62. The topological polar surface area (TPSA) is 46.5 Å². The standard InChI is InChI=1S/C24H28O3/c1-15-13-20-21(24(5,6)12-11-23(20,3)4)14-19(15)16(2)17-7-9-18(10-8-17)22(25)27-26/h7-10,13-14,26H,2,11-12H2,1,3-6H3. The molecular weight excluding hydrogens is 336 g/mol. The minimum Gasteiger partial charge on any atom is -0.296 e. The fourth-order valence-corrected chi connectivity index (χ4v) is 4.06. The highest BCUT2D eigenvalue weighted by atomic mass is 17.1. The molecule has 0 spiro atoms. The van der Waals surface area contributed by atoms with Gasteiger partial charge in [-0.25, -0.2) is 4.79 Å². The maximum Gasteiger partial charge on any atom is 0.372 e. The second kappa shape index (κ2) is 6.65. The predicted molar refractivity (Wildman–Crippen MR) is 109 cm³/mol. The van der Waals surface area contributed by atoms with Crippen LogP contribution >= 0.6 is 0 Å². The van der Waals surface area contributed by atoms with E-state index in [1.165, 1.54) is 29.5 Å². The second-order valence-electron chi connectivity index (χ2n) is 8.92. The Labute approximate surface area is 161 Å². The summed E-state index contributed by atoms with van der Waals surface area (Å²) in [6.07, 6.45) is 2.36. The van der Waals surface area contributed by atoms with E-state index in [1.54, 1.807) is 12.1 Å². The van der Waals surface area contributed by atoms with Gasteiger partial charge >= 0.3 is 5.97 Å². The molecule has 0 radical (unpaired) electrons. The number of hydrogen-bond donors (Lipinski definition) is 1. The van der Waals surface area contributed by atoms with Crippen molar-refractivity contribution in [3.05, 3.63) is 76.4 Å². The molecule has 0 aliphatic heterocycles. The van der Waals surface area contributed by atoms with E-state index in [9.17, 15) is 4.79 Å². The molecule has 0 bridgehead atoms. The average molecular weight is 364 g/mol. The number of hydrogen-bond acceptors (Lipinski definition) is 3. The largest absolute Gasteiger partial charge is 0.372 e. The first kappa shape index (κ1) is 19.4. The van der Waals surface area contributed by atoms with Gasteiger partial charge in [-0.05, 0) is 76.1 Å². The summed E-state index contributed by atoms with van der Waals surface area (Å²) >= 11 is 0. The van der Waals surface area contributed by atoms with Crippen LogP contribution in [0.5, 0.6) is 0 Å². The van der Waals surface area contributed by atoms with Crippen LogP contribution in [0.4, 0.5) is 0 Å². The van der Waals surface area contributed by atoms with Gasteiger partial charge in [-0.15, -0.1) is 0 Å². The van der Waals surface area contributed by atoms with Gasteiger partial charge in [-0.3, -0.25) is 4.89 Å². The van der Waals surface area contributed by atoms with Gasteiger partial charge in [0.05, 0.1) is 5.56 Å². The van der Waals surface area contributed by atoms with E-state index in [2.05, 4.69) is 58.2 Å². The van der Waals surface area contributed by atoms with Crippen LogP contribution in [0, 0.1) is 6.92 Å². The van der Waals surface area contributed by atoms with Crippen LogP contribution in [0.25, 0.3) is 5.57 Å². The molecule has 0 fully saturated rings. The van der Waals surface area contributed by atoms with Crippen molar-refractivity contribution in [1.29, 1.82) is 0 Å². The maximum atomic E-state index is 11.4. The third-order valence-electron chi connectivity index (χ3n) is 6.07. The molecule has 3 rings (SSSR count). The molecule has 0 heterocycles. The highest BCUT2D eigenvalue weighted by molar-refractivity contribution is 5.90. The van der Waals surface area contributed by atoms with E-state index in [4.69, 9.17) is 5.26 Å². The average Bonchev–Trinajstić information content (AvgIpc) is 2.64. The highest BCUT2D eigenvalue weighted by Crippen LogP contribution is 2.47.